The maximum atomic E-state index is 3.42. The Morgan fingerprint density at radius 3 is 1.75 bits per heavy atom. The summed E-state index contributed by atoms with van der Waals surface area (Å²) in [6.45, 7) is 0. The van der Waals surface area contributed by atoms with Crippen LogP contribution in [0.15, 0.2) is 0 Å². The highest BCUT2D eigenvalue weighted by Gasteiger charge is 2.21. The first kappa shape index (κ1) is 2.58. The second-order valence-corrected chi connectivity index (χ2v) is 2.09. The average molecular weight is 75.2 g/mol. The van der Waals surface area contributed by atoms with Crippen LogP contribution in [0.3, 0.4) is 0 Å². The highest BCUT2D eigenvalue weighted by molar-refractivity contribution is 7.59. The zero-order valence-electron chi connectivity index (χ0n) is 2.49. The summed E-state index contributed by atoms with van der Waals surface area (Å²) in [6.07, 6.45) is 2.80. The minimum Gasteiger partial charge on any atom is -0.0396 e. The molecular formula is C3H7S+. The summed E-state index contributed by atoms with van der Waals surface area (Å²) < 4.78 is 0. The van der Waals surface area contributed by atoms with Gasteiger partial charge in [0.2, 0.25) is 0 Å². The highest BCUT2D eigenvalue weighted by atomic mass is 32.1. The first-order valence-electron chi connectivity index (χ1n) is 1.61. The molecule has 0 bridgehead atoms. The Balaban J connectivity index is 2.17. The molecule has 0 radical (unpaired) electrons. The topological polar surface area (TPSA) is 0 Å². The van der Waals surface area contributed by atoms with Crippen LogP contribution in [0.5, 0.6) is 0 Å². The van der Waals surface area contributed by atoms with E-state index in [0.717, 1.165) is 5.25 Å². The molecule has 0 aromatic carbocycles. The van der Waals surface area contributed by atoms with Gasteiger partial charge in [0.1, 0.15) is 5.25 Å². The third kappa shape index (κ3) is 0.382. The Morgan fingerprint density at radius 1 is 1.50 bits per heavy atom. The van der Waals surface area contributed by atoms with E-state index in [-0.39, 0.29) is 0 Å². The lowest BCUT2D eigenvalue weighted by Gasteiger charge is -1.43. The molecule has 0 unspecified atom stereocenters. The fraction of sp³-hybridized carbons (Fsp3) is 1.00. The van der Waals surface area contributed by atoms with Crippen LogP contribution in [0.1, 0.15) is 12.8 Å². The van der Waals surface area contributed by atoms with Crippen LogP contribution >= 0.6 is 0 Å². The Kier molecular flexibility index (Phi) is 0.417. The van der Waals surface area contributed by atoms with Crippen molar-refractivity contribution in [3.8, 4) is 0 Å². The molecule has 0 atom stereocenters. The largest absolute Gasteiger partial charge is 0.114 e. The van der Waals surface area contributed by atoms with Gasteiger partial charge in [-0.15, -0.1) is 0 Å². The molecule has 0 aliphatic heterocycles. The fourth-order valence-electron chi connectivity index (χ4n) is 0.0833. The SMILES string of the molecule is [SH2+]C1CC1. The maximum Gasteiger partial charge on any atom is 0.114 e. The van der Waals surface area contributed by atoms with Gasteiger partial charge >= 0.3 is 0 Å². The van der Waals surface area contributed by atoms with Gasteiger partial charge in [-0.2, -0.15) is 0 Å². The molecule has 0 amide bonds. The van der Waals surface area contributed by atoms with Gasteiger partial charge in [-0.3, -0.25) is 0 Å². The van der Waals surface area contributed by atoms with Crippen molar-refractivity contribution in [3.05, 3.63) is 0 Å². The molecule has 4 heavy (non-hydrogen) atoms. The minimum absolute atomic E-state index is 0.889. The van der Waals surface area contributed by atoms with Gasteiger partial charge < -0.3 is 0 Å². The van der Waals surface area contributed by atoms with Crippen molar-refractivity contribution in [3.63, 3.8) is 0 Å². The third-order valence-corrected chi connectivity index (χ3v) is 1.15. The highest BCUT2D eigenvalue weighted by Crippen LogP contribution is 2.18. The zero-order chi connectivity index (χ0) is 2.99. The first-order chi connectivity index (χ1) is 1.89. The molecule has 0 aromatic rings. The molecule has 1 saturated carbocycles. The van der Waals surface area contributed by atoms with E-state index in [1.54, 1.807) is 0 Å². The summed E-state index contributed by atoms with van der Waals surface area (Å²) >= 11 is 3.42. The van der Waals surface area contributed by atoms with E-state index in [1.165, 1.54) is 12.8 Å². The second-order valence-electron chi connectivity index (χ2n) is 1.27. The standard InChI is InChI=1S/C3H6S/c4-3-1-2-3/h3-4H,1-2H2/p+1. The summed E-state index contributed by atoms with van der Waals surface area (Å²) in [7, 11) is 0. The van der Waals surface area contributed by atoms with E-state index in [1.807, 2.05) is 0 Å². The average Bonchev–Trinajstić information content (AvgIpc) is 1.75. The summed E-state index contributed by atoms with van der Waals surface area (Å²) in [6, 6.07) is 0. The molecule has 24 valence electrons. The number of hydrogen-bond acceptors (Lipinski definition) is 0. The molecule has 0 saturated heterocycles. The van der Waals surface area contributed by atoms with Crippen LogP contribution in [0.25, 0.3) is 0 Å². The quantitative estimate of drug-likeness (QED) is 0.360. The Morgan fingerprint density at radius 2 is 1.75 bits per heavy atom. The van der Waals surface area contributed by atoms with Gasteiger partial charge in [-0.25, -0.2) is 0 Å². The summed E-state index contributed by atoms with van der Waals surface area (Å²) in [5, 5.41) is 0.889. The molecule has 0 heterocycles. The molecule has 1 aliphatic carbocycles. The van der Waals surface area contributed by atoms with Crippen molar-refractivity contribution in [1.82, 2.24) is 0 Å². The van der Waals surface area contributed by atoms with Crippen molar-refractivity contribution >= 4 is 12.6 Å². The van der Waals surface area contributed by atoms with Gasteiger partial charge in [0.05, 0.1) is 0 Å². The van der Waals surface area contributed by atoms with Gasteiger partial charge in [-0.05, 0) is 25.5 Å². The smallest absolute Gasteiger partial charge is 0.0396 e. The van der Waals surface area contributed by atoms with Crippen molar-refractivity contribution in [2.75, 3.05) is 0 Å². The van der Waals surface area contributed by atoms with Gasteiger partial charge in [0.15, 0.2) is 0 Å². The van der Waals surface area contributed by atoms with Crippen molar-refractivity contribution in [1.29, 1.82) is 0 Å². The van der Waals surface area contributed by atoms with Crippen molar-refractivity contribution in [2.24, 2.45) is 0 Å². The third-order valence-electron chi connectivity index (χ3n) is 0.577. The predicted molar refractivity (Wildman–Crippen MR) is 23.2 cm³/mol. The van der Waals surface area contributed by atoms with Gasteiger partial charge in [-0.1, -0.05) is 0 Å². The van der Waals surface area contributed by atoms with Crippen LogP contribution in [-0.4, -0.2) is 5.25 Å². The van der Waals surface area contributed by atoms with E-state index >= 15 is 0 Å². The van der Waals surface area contributed by atoms with E-state index < -0.39 is 0 Å². The summed E-state index contributed by atoms with van der Waals surface area (Å²) in [4.78, 5) is 0. The molecule has 1 fully saturated rings. The summed E-state index contributed by atoms with van der Waals surface area (Å²) in [5.74, 6) is 0. The van der Waals surface area contributed by atoms with Crippen LogP contribution in [-0.2, 0) is 12.6 Å². The molecule has 0 nitrogen and oxygen atoms in total. The van der Waals surface area contributed by atoms with Crippen LogP contribution in [0.4, 0.5) is 0 Å². The van der Waals surface area contributed by atoms with Crippen molar-refractivity contribution in [2.45, 2.75) is 18.1 Å². The Bertz CT molecular complexity index is 22.5. The molecule has 0 N–H and O–H groups in total. The van der Waals surface area contributed by atoms with E-state index in [4.69, 9.17) is 0 Å². The van der Waals surface area contributed by atoms with Gasteiger partial charge in [0.25, 0.3) is 0 Å². The monoisotopic (exact) mass is 75.0 g/mol. The lowest BCUT2D eigenvalue weighted by atomic mass is 11.0. The van der Waals surface area contributed by atoms with Gasteiger partial charge in [0, 0.05) is 0 Å². The molecule has 0 spiro atoms. The Labute approximate surface area is 31.6 Å². The van der Waals surface area contributed by atoms with Crippen LogP contribution < -0.4 is 0 Å². The lowest BCUT2D eigenvalue weighted by molar-refractivity contribution is 1.50. The number of hydrogen-bond donors (Lipinski definition) is 0. The normalized spacial score (nSPS) is 26.2. The fourth-order valence-corrected chi connectivity index (χ4v) is 0.250. The molecule has 1 aliphatic rings. The van der Waals surface area contributed by atoms with E-state index in [9.17, 15) is 0 Å². The summed E-state index contributed by atoms with van der Waals surface area (Å²) in [5.41, 5.74) is 0. The maximum absolute atomic E-state index is 3.42. The number of rotatable bonds is 0. The van der Waals surface area contributed by atoms with Crippen LogP contribution in [0, 0.1) is 0 Å². The second kappa shape index (κ2) is 0.646. The first-order valence-corrected chi connectivity index (χ1v) is 2.18. The molecule has 1 rings (SSSR count). The predicted octanol–water partition coefficient (Wildman–Crippen LogP) is 0.160. The molecule has 1 heteroatoms. The van der Waals surface area contributed by atoms with Crippen molar-refractivity contribution < 1.29 is 0 Å². The van der Waals surface area contributed by atoms with Crippen LogP contribution in [0.2, 0.25) is 0 Å². The van der Waals surface area contributed by atoms with E-state index in [0.29, 0.717) is 0 Å². The lowest BCUT2D eigenvalue weighted by Crippen LogP contribution is -1.58. The Hall–Kier alpha value is 0.350. The molecular weight excluding hydrogens is 68.1 g/mol. The minimum atomic E-state index is 0.889. The zero-order valence-corrected chi connectivity index (χ0v) is 3.49. The molecule has 0 aromatic heterocycles. The van der Waals surface area contributed by atoms with E-state index in [2.05, 4.69) is 12.6 Å².